The van der Waals surface area contributed by atoms with E-state index in [2.05, 4.69) is 5.10 Å². The van der Waals surface area contributed by atoms with Crippen LogP contribution in [0.3, 0.4) is 0 Å². The molecule has 0 atom stereocenters. The molecule has 0 saturated heterocycles. The molecule has 0 unspecified atom stereocenters. The van der Waals surface area contributed by atoms with Crippen molar-refractivity contribution in [2.75, 3.05) is 0 Å². The number of carbonyl (C=O) groups is 1. The average molecular weight is 224 g/mol. The number of carboxylic acids is 1. The van der Waals surface area contributed by atoms with Crippen molar-refractivity contribution in [1.29, 1.82) is 0 Å². The molecule has 0 N–H and O–H groups in total. The third-order valence-corrected chi connectivity index (χ3v) is 1.70. The number of hydrogen-bond donors (Lipinski definition) is 0. The Bertz CT molecular complexity index is 344. The fourth-order valence-corrected chi connectivity index (χ4v) is 1.12. The van der Waals surface area contributed by atoms with Crippen LogP contribution in [0.4, 0.5) is 4.39 Å². The van der Waals surface area contributed by atoms with Crippen molar-refractivity contribution < 1.29 is 65.7 Å². The van der Waals surface area contributed by atoms with Crippen LogP contribution in [0.15, 0.2) is 6.07 Å². The fraction of sp³-hybridized carbons (Fsp3) is 0.500. The molecule has 1 rings (SSSR count). The van der Waals surface area contributed by atoms with Crippen LogP contribution in [0.1, 0.15) is 30.0 Å². The molecule has 0 amide bonds. The molecule has 14 heavy (non-hydrogen) atoms. The number of alkyl halides is 1. The van der Waals surface area contributed by atoms with Gasteiger partial charge in [-0.15, -0.1) is 0 Å². The molecular weight excluding hydrogens is 214 g/mol. The van der Waals surface area contributed by atoms with Crippen LogP contribution in [0.5, 0.6) is 0 Å². The van der Waals surface area contributed by atoms with E-state index in [4.69, 9.17) is 0 Å². The first-order valence-corrected chi connectivity index (χ1v) is 3.77. The number of hydrogen-bond acceptors (Lipinski definition) is 3. The Morgan fingerprint density at radius 1 is 1.64 bits per heavy atom. The first-order valence-electron chi connectivity index (χ1n) is 3.77. The number of carboxylic acid groups (broad SMARTS) is 1. The summed E-state index contributed by atoms with van der Waals surface area (Å²) in [6.45, 7) is 2.67. The maximum atomic E-state index is 13.4. The van der Waals surface area contributed by atoms with Crippen LogP contribution in [-0.4, -0.2) is 15.7 Å². The summed E-state index contributed by atoms with van der Waals surface area (Å²) in [5.41, 5.74) is -1.63. The largest absolute Gasteiger partial charge is 1.00 e. The minimum Gasteiger partial charge on any atom is -0.543 e. The van der Waals surface area contributed by atoms with Crippen LogP contribution in [-0.2, 0) is 12.7 Å². The predicted octanol–water partition coefficient (Wildman–Crippen LogP) is -3.01. The van der Waals surface area contributed by atoms with Crippen molar-refractivity contribution in [3.8, 4) is 0 Å². The molecule has 1 heterocycles. The van der Waals surface area contributed by atoms with Gasteiger partial charge in [0, 0.05) is 7.05 Å². The Balaban J connectivity index is 0.00000169. The minimum absolute atomic E-state index is 0. The van der Waals surface area contributed by atoms with Gasteiger partial charge < -0.3 is 9.90 Å². The fourth-order valence-electron chi connectivity index (χ4n) is 1.12. The summed E-state index contributed by atoms with van der Waals surface area (Å²) in [7, 11) is 1.49. The summed E-state index contributed by atoms with van der Waals surface area (Å²) in [6.07, 6.45) is 0. The van der Waals surface area contributed by atoms with Gasteiger partial charge in [-0.2, -0.15) is 5.10 Å². The van der Waals surface area contributed by atoms with Crippen LogP contribution >= 0.6 is 0 Å². The third-order valence-electron chi connectivity index (χ3n) is 1.70. The molecule has 72 valence electrons. The number of nitrogens with zero attached hydrogens (tertiary/aromatic N) is 2. The Hall–Kier alpha value is 0.246. The van der Waals surface area contributed by atoms with Crippen molar-refractivity contribution in [3.05, 3.63) is 17.5 Å². The number of aryl methyl sites for hydroxylation is 1. The van der Waals surface area contributed by atoms with Gasteiger partial charge in [0.15, 0.2) is 0 Å². The van der Waals surface area contributed by atoms with Gasteiger partial charge >= 0.3 is 51.4 Å². The summed E-state index contributed by atoms with van der Waals surface area (Å²) >= 11 is 0. The molecule has 0 aliphatic carbocycles. The summed E-state index contributed by atoms with van der Waals surface area (Å²) in [4.78, 5) is 10.4. The van der Waals surface area contributed by atoms with E-state index in [0.29, 0.717) is 0 Å². The monoisotopic (exact) mass is 224 g/mol. The quantitative estimate of drug-likeness (QED) is 0.503. The van der Waals surface area contributed by atoms with E-state index in [-0.39, 0.29) is 62.8 Å². The summed E-state index contributed by atoms with van der Waals surface area (Å²) in [6, 6.07) is 1.18. The Kier molecular flexibility index (Phi) is 4.93. The second-order valence-corrected chi connectivity index (χ2v) is 3.30. The van der Waals surface area contributed by atoms with Crippen LogP contribution in [0.2, 0.25) is 0 Å². The van der Waals surface area contributed by atoms with Crippen molar-refractivity contribution in [3.63, 3.8) is 0 Å². The number of aromatic carboxylic acids is 1. The molecule has 6 heteroatoms. The molecule has 0 fully saturated rings. The summed E-state index contributed by atoms with van der Waals surface area (Å²) in [5, 5.41) is 14.0. The third kappa shape index (κ3) is 3.13. The van der Waals surface area contributed by atoms with Gasteiger partial charge in [0.05, 0.1) is 11.7 Å². The molecule has 0 aliphatic heterocycles. The van der Waals surface area contributed by atoms with Gasteiger partial charge in [-0.1, -0.05) is 0 Å². The minimum atomic E-state index is -1.60. The van der Waals surface area contributed by atoms with E-state index >= 15 is 0 Å². The normalized spacial score (nSPS) is 10.9. The SMILES string of the molecule is Cn1nc(C(=O)[O-])cc1C(C)(C)F.[K+]. The van der Waals surface area contributed by atoms with Gasteiger partial charge in [-0.25, -0.2) is 4.39 Å². The number of carbonyl (C=O) groups excluding carboxylic acids is 1. The van der Waals surface area contributed by atoms with Crippen molar-refractivity contribution in [2.24, 2.45) is 7.05 Å². The molecule has 0 bridgehead atoms. The molecular formula is C8H10FKN2O2. The maximum absolute atomic E-state index is 13.4. The molecule has 4 nitrogen and oxygen atoms in total. The average Bonchev–Trinajstić information content (AvgIpc) is 2.29. The summed E-state index contributed by atoms with van der Waals surface area (Å²) in [5.74, 6) is -1.40. The van der Waals surface area contributed by atoms with Crippen molar-refractivity contribution in [1.82, 2.24) is 9.78 Å². The zero-order valence-corrected chi connectivity index (χ0v) is 11.8. The van der Waals surface area contributed by atoms with Crippen LogP contribution in [0, 0.1) is 0 Å². The molecule has 0 spiro atoms. The van der Waals surface area contributed by atoms with Gasteiger partial charge in [-0.3, -0.25) is 4.68 Å². The second-order valence-electron chi connectivity index (χ2n) is 3.30. The van der Waals surface area contributed by atoms with E-state index in [9.17, 15) is 14.3 Å². The number of aromatic nitrogens is 2. The molecule has 0 aliphatic rings. The Labute approximate surface area is 124 Å². The Morgan fingerprint density at radius 2 is 2.14 bits per heavy atom. The van der Waals surface area contributed by atoms with Crippen LogP contribution in [0.25, 0.3) is 0 Å². The topological polar surface area (TPSA) is 58.0 Å². The van der Waals surface area contributed by atoms with Gasteiger partial charge in [0.25, 0.3) is 0 Å². The predicted molar refractivity (Wildman–Crippen MR) is 41.7 cm³/mol. The molecule has 0 radical (unpaired) electrons. The first kappa shape index (κ1) is 14.2. The zero-order valence-electron chi connectivity index (χ0n) is 8.67. The van der Waals surface area contributed by atoms with Crippen molar-refractivity contribution >= 4 is 5.97 Å². The van der Waals surface area contributed by atoms with Gasteiger partial charge in [-0.05, 0) is 19.9 Å². The van der Waals surface area contributed by atoms with Crippen LogP contribution < -0.4 is 56.5 Å². The smallest absolute Gasteiger partial charge is 0.543 e. The van der Waals surface area contributed by atoms with Gasteiger partial charge in [0.2, 0.25) is 0 Å². The number of halogens is 1. The molecule has 0 saturated carbocycles. The van der Waals surface area contributed by atoms with Gasteiger partial charge in [0.1, 0.15) is 11.4 Å². The molecule has 1 aromatic heterocycles. The summed E-state index contributed by atoms with van der Waals surface area (Å²) < 4.78 is 14.6. The van der Waals surface area contributed by atoms with Crippen molar-refractivity contribution in [2.45, 2.75) is 19.5 Å². The maximum Gasteiger partial charge on any atom is 1.00 e. The number of rotatable bonds is 2. The van der Waals surface area contributed by atoms with E-state index in [1.807, 2.05) is 0 Å². The second kappa shape index (κ2) is 4.85. The van der Waals surface area contributed by atoms with E-state index in [1.54, 1.807) is 0 Å². The van der Waals surface area contributed by atoms with E-state index in [0.717, 1.165) is 0 Å². The molecule has 1 aromatic rings. The molecule has 0 aromatic carbocycles. The van der Waals surface area contributed by atoms with E-state index < -0.39 is 11.6 Å². The zero-order chi connectivity index (χ0) is 10.2. The first-order chi connectivity index (χ1) is 5.82. The van der Waals surface area contributed by atoms with E-state index in [1.165, 1.54) is 31.6 Å². The Morgan fingerprint density at radius 3 is 2.36 bits per heavy atom. The standard InChI is InChI=1S/C8H11FN2O2.K/c1-8(2,9)6-4-5(7(12)13)10-11(6)3;/h4H,1-3H3,(H,12,13);/q;+1/p-1.